The molecule has 4 rings (SSSR count). The average molecular weight is 557 g/mol. The molecule has 0 radical (unpaired) electrons. The van der Waals surface area contributed by atoms with Crippen LogP contribution in [0, 0.1) is 11.8 Å². The first-order chi connectivity index (χ1) is 18.8. The number of carboxylic acid groups (broad SMARTS) is 1. The third-order valence-corrected chi connectivity index (χ3v) is 8.89. The van der Waals surface area contributed by atoms with Gasteiger partial charge in [-0.25, -0.2) is 9.78 Å². The van der Waals surface area contributed by atoms with Crippen LogP contribution < -0.4 is 10.6 Å². The molecule has 9 heteroatoms. The van der Waals surface area contributed by atoms with Crippen LogP contribution in [0.2, 0.25) is 5.15 Å². The third-order valence-electron chi connectivity index (χ3n) is 8.60. The Kier molecular flexibility index (Phi) is 9.86. The third kappa shape index (κ3) is 6.73. The summed E-state index contributed by atoms with van der Waals surface area (Å²) < 4.78 is 0. The summed E-state index contributed by atoms with van der Waals surface area (Å²) in [6, 6.07) is 10.3. The van der Waals surface area contributed by atoms with Crippen molar-refractivity contribution in [3.63, 3.8) is 0 Å². The maximum absolute atomic E-state index is 13.5. The lowest BCUT2D eigenvalue weighted by Gasteiger charge is -2.44. The highest BCUT2D eigenvalue weighted by Gasteiger charge is 2.44. The molecule has 1 aromatic carbocycles. The van der Waals surface area contributed by atoms with E-state index in [0.29, 0.717) is 48.3 Å². The van der Waals surface area contributed by atoms with Crippen molar-refractivity contribution in [3.8, 4) is 11.1 Å². The topological polar surface area (TPSA) is 115 Å². The van der Waals surface area contributed by atoms with Gasteiger partial charge in [-0.1, -0.05) is 42.8 Å². The fourth-order valence-electron chi connectivity index (χ4n) is 6.42. The Morgan fingerprint density at radius 1 is 1.23 bits per heavy atom. The van der Waals surface area contributed by atoms with Crippen LogP contribution in [0.5, 0.6) is 0 Å². The largest absolute Gasteiger partial charge is 0.465 e. The molecule has 0 bridgehead atoms. The van der Waals surface area contributed by atoms with Crippen LogP contribution in [0.4, 0.5) is 4.79 Å². The second-order valence-electron chi connectivity index (χ2n) is 11.0. The summed E-state index contributed by atoms with van der Waals surface area (Å²) in [4.78, 5) is 30.9. The van der Waals surface area contributed by atoms with Gasteiger partial charge >= 0.3 is 6.09 Å². The highest BCUT2D eigenvalue weighted by atomic mass is 35.5. The summed E-state index contributed by atoms with van der Waals surface area (Å²) >= 11 is 6.72. The molecule has 1 saturated heterocycles. The molecule has 1 aliphatic carbocycles. The van der Waals surface area contributed by atoms with Crippen molar-refractivity contribution in [2.24, 2.45) is 11.8 Å². The van der Waals surface area contributed by atoms with E-state index >= 15 is 0 Å². The number of nitrogens with one attached hydrogen (secondary N) is 2. The van der Waals surface area contributed by atoms with Crippen molar-refractivity contribution in [3.05, 3.63) is 52.8 Å². The zero-order valence-corrected chi connectivity index (χ0v) is 23.7. The number of carbonyl (C=O) groups is 2. The lowest BCUT2D eigenvalue weighted by Crippen LogP contribution is -2.49. The number of hydrogen-bond acceptors (Lipinski definition) is 5. The van der Waals surface area contributed by atoms with E-state index in [1.165, 1.54) is 0 Å². The smallest absolute Gasteiger partial charge is 0.404 e. The number of likely N-dealkylation sites (tertiary alicyclic amines) is 1. The van der Waals surface area contributed by atoms with Gasteiger partial charge in [0, 0.05) is 49.3 Å². The van der Waals surface area contributed by atoms with Crippen molar-refractivity contribution in [1.29, 1.82) is 0 Å². The van der Waals surface area contributed by atoms with Gasteiger partial charge in [-0.05, 0) is 81.2 Å². The van der Waals surface area contributed by atoms with Crippen molar-refractivity contribution >= 4 is 23.6 Å². The lowest BCUT2D eigenvalue weighted by molar-refractivity contribution is -0.140. The molecule has 2 aliphatic rings. The van der Waals surface area contributed by atoms with Crippen molar-refractivity contribution in [1.82, 2.24) is 20.5 Å². The number of carbonyl (C=O) groups excluding carboxylic acids is 1. The molecule has 4 N–H and O–H groups in total. The number of aryl methyl sites for hydroxylation is 1. The second kappa shape index (κ2) is 13.1. The van der Waals surface area contributed by atoms with Gasteiger partial charge in [-0.15, -0.1) is 0 Å². The molecule has 1 aliphatic heterocycles. The van der Waals surface area contributed by atoms with Gasteiger partial charge in [-0.2, -0.15) is 0 Å². The lowest BCUT2D eigenvalue weighted by atomic mass is 9.72. The number of benzene rings is 1. The summed E-state index contributed by atoms with van der Waals surface area (Å²) in [5, 5.41) is 27.7. The summed E-state index contributed by atoms with van der Waals surface area (Å²) in [7, 11) is 1.95. The Balaban J connectivity index is 1.68. The second-order valence-corrected chi connectivity index (χ2v) is 11.3. The fourth-order valence-corrected chi connectivity index (χ4v) is 6.69. The van der Waals surface area contributed by atoms with E-state index < -0.39 is 11.7 Å². The summed E-state index contributed by atoms with van der Waals surface area (Å²) in [6.45, 7) is 3.46. The van der Waals surface area contributed by atoms with Gasteiger partial charge < -0.3 is 25.7 Å². The molecule has 2 fully saturated rings. The van der Waals surface area contributed by atoms with Crippen molar-refractivity contribution in [2.75, 3.05) is 26.7 Å². The van der Waals surface area contributed by atoms with Gasteiger partial charge in [0.1, 0.15) is 5.15 Å². The van der Waals surface area contributed by atoms with Crippen molar-refractivity contribution in [2.45, 2.75) is 69.9 Å². The number of hydrogen-bond donors (Lipinski definition) is 4. The SMILES string of the molecule is CCc1cccc(-c2c(C(O)(CCCNC(=O)O)C3CCCN(C(=O)C4CCC(NC)C4)C3)ccnc2Cl)c1. The number of nitrogens with zero attached hydrogens (tertiary/aromatic N) is 2. The number of rotatable bonds is 10. The molecule has 4 unspecified atom stereocenters. The van der Waals surface area contributed by atoms with E-state index in [9.17, 15) is 14.7 Å². The first-order valence-electron chi connectivity index (χ1n) is 14.2. The molecule has 2 heterocycles. The zero-order valence-electron chi connectivity index (χ0n) is 23.0. The maximum atomic E-state index is 13.5. The van der Waals surface area contributed by atoms with E-state index in [1.807, 2.05) is 30.1 Å². The fraction of sp³-hybridized carbons (Fsp3) is 0.567. The zero-order chi connectivity index (χ0) is 28.0. The van der Waals surface area contributed by atoms with Crippen LogP contribution >= 0.6 is 11.6 Å². The molecule has 1 aromatic heterocycles. The highest BCUT2D eigenvalue weighted by Crippen LogP contribution is 2.45. The normalized spacial score (nSPS) is 22.9. The van der Waals surface area contributed by atoms with E-state index in [0.717, 1.165) is 49.7 Å². The molecule has 2 amide bonds. The predicted octanol–water partition coefficient (Wildman–Crippen LogP) is 4.83. The summed E-state index contributed by atoms with van der Waals surface area (Å²) in [6.07, 6.45) is 6.44. The van der Waals surface area contributed by atoms with Crippen molar-refractivity contribution < 1.29 is 19.8 Å². The number of aliphatic hydroxyl groups is 1. The first-order valence-corrected chi connectivity index (χ1v) is 14.5. The van der Waals surface area contributed by atoms with Crippen LogP contribution in [0.25, 0.3) is 11.1 Å². The minimum Gasteiger partial charge on any atom is -0.465 e. The van der Waals surface area contributed by atoms with Gasteiger partial charge in [-0.3, -0.25) is 4.79 Å². The predicted molar refractivity (Wildman–Crippen MR) is 153 cm³/mol. The Bertz CT molecular complexity index is 1160. The van der Waals surface area contributed by atoms with Crippen LogP contribution in [-0.4, -0.2) is 64.8 Å². The van der Waals surface area contributed by atoms with Gasteiger partial charge in [0.25, 0.3) is 0 Å². The molecule has 4 atom stereocenters. The number of amides is 2. The molecule has 212 valence electrons. The monoisotopic (exact) mass is 556 g/mol. The summed E-state index contributed by atoms with van der Waals surface area (Å²) in [5.74, 6) is -0.0409. The molecule has 1 saturated carbocycles. The van der Waals surface area contributed by atoms with E-state index in [2.05, 4.69) is 34.7 Å². The van der Waals surface area contributed by atoms with Gasteiger partial charge in [0.2, 0.25) is 5.91 Å². The Morgan fingerprint density at radius 3 is 2.77 bits per heavy atom. The maximum Gasteiger partial charge on any atom is 0.404 e. The minimum absolute atomic E-state index is 0.0109. The average Bonchev–Trinajstić information content (AvgIpc) is 3.44. The van der Waals surface area contributed by atoms with Crippen LogP contribution in [-0.2, 0) is 16.8 Å². The van der Waals surface area contributed by atoms with E-state index in [1.54, 1.807) is 6.20 Å². The highest BCUT2D eigenvalue weighted by molar-refractivity contribution is 6.32. The number of pyridine rings is 1. The Hall–Kier alpha value is -2.68. The number of piperidine rings is 1. The number of aromatic nitrogens is 1. The first kappa shape index (κ1) is 29.3. The van der Waals surface area contributed by atoms with Crippen LogP contribution in [0.15, 0.2) is 36.5 Å². The molecule has 2 aromatic rings. The van der Waals surface area contributed by atoms with E-state index in [-0.39, 0.29) is 24.3 Å². The van der Waals surface area contributed by atoms with Gasteiger partial charge in [0.15, 0.2) is 0 Å². The van der Waals surface area contributed by atoms with E-state index in [4.69, 9.17) is 16.7 Å². The summed E-state index contributed by atoms with van der Waals surface area (Å²) in [5.41, 5.74) is 2.09. The quantitative estimate of drug-likeness (QED) is 0.246. The molecule has 0 spiro atoms. The van der Waals surface area contributed by atoms with Crippen LogP contribution in [0.3, 0.4) is 0 Å². The number of halogens is 1. The van der Waals surface area contributed by atoms with Gasteiger partial charge in [0.05, 0.1) is 5.60 Å². The minimum atomic E-state index is -1.33. The molecular formula is C30H41ClN4O4. The Labute approximate surface area is 236 Å². The standard InChI is InChI=1S/C30H41ClN4O4/c1-3-20-7-4-8-21(17-20)26-25(12-15-33-27(26)31)30(39,13-6-14-34-29(37)38)23-9-5-16-35(19-23)28(36)22-10-11-24(18-22)32-2/h4,7-8,12,15,17,22-24,32,34,39H,3,5-6,9-11,13-14,16,18-19H2,1-2H3,(H,37,38). The molecule has 8 nitrogen and oxygen atoms in total. The van der Waals surface area contributed by atoms with Crippen LogP contribution in [0.1, 0.15) is 63.0 Å². The Morgan fingerprint density at radius 2 is 2.05 bits per heavy atom. The molecular weight excluding hydrogens is 516 g/mol. The molecule has 39 heavy (non-hydrogen) atoms.